The van der Waals surface area contributed by atoms with Gasteiger partial charge in [0.15, 0.2) is 0 Å². The lowest BCUT2D eigenvalue weighted by atomic mass is 9.87. The van der Waals surface area contributed by atoms with Gasteiger partial charge in [-0.2, -0.15) is 0 Å². The Kier molecular flexibility index (Phi) is 2.26. The average molecular weight is 229 g/mol. The lowest BCUT2D eigenvalue weighted by Gasteiger charge is -2.22. The molecule has 16 heavy (non-hydrogen) atoms. The zero-order valence-electron chi connectivity index (χ0n) is 8.64. The van der Waals surface area contributed by atoms with Gasteiger partial charge < -0.3 is 5.32 Å². The first kappa shape index (κ1) is 9.60. The van der Waals surface area contributed by atoms with E-state index >= 15 is 0 Å². The third kappa shape index (κ3) is 1.53. The summed E-state index contributed by atoms with van der Waals surface area (Å²) in [4.78, 5) is 11.6. The van der Waals surface area contributed by atoms with Gasteiger partial charge in [-0.25, -0.2) is 0 Å². The first-order valence-corrected chi connectivity index (χ1v) is 6.15. The van der Waals surface area contributed by atoms with Crippen LogP contribution in [-0.4, -0.2) is 5.91 Å². The average Bonchev–Trinajstić information content (AvgIpc) is 2.77. The van der Waals surface area contributed by atoms with Gasteiger partial charge in [0, 0.05) is 12.3 Å². The van der Waals surface area contributed by atoms with Crippen LogP contribution in [0, 0.1) is 0 Å². The number of carbonyl (C=O) groups excluding carboxylic acids is 1. The van der Waals surface area contributed by atoms with Crippen LogP contribution in [0.3, 0.4) is 0 Å². The normalized spacial score (nSPS) is 19.0. The summed E-state index contributed by atoms with van der Waals surface area (Å²) in [6, 6.07) is 12.3. The summed E-state index contributed by atoms with van der Waals surface area (Å²) in [5.74, 6) is 0.333. The summed E-state index contributed by atoms with van der Waals surface area (Å²) >= 11 is 1.60. The zero-order chi connectivity index (χ0) is 11.0. The molecule has 1 atom stereocenters. The van der Waals surface area contributed by atoms with Gasteiger partial charge in [0.05, 0.1) is 5.00 Å². The fraction of sp³-hybridized carbons (Fsp3) is 0.154. The number of hydrogen-bond donors (Lipinski definition) is 1. The minimum Gasteiger partial charge on any atom is -0.317 e. The van der Waals surface area contributed by atoms with Crippen molar-refractivity contribution < 1.29 is 4.79 Å². The third-order valence-corrected chi connectivity index (χ3v) is 3.76. The number of hydrogen-bond acceptors (Lipinski definition) is 2. The Morgan fingerprint density at radius 2 is 2.00 bits per heavy atom. The Morgan fingerprint density at radius 1 is 1.19 bits per heavy atom. The molecule has 1 aliphatic rings. The number of nitrogens with one attached hydrogen (secondary N) is 1. The number of amides is 1. The van der Waals surface area contributed by atoms with Crippen LogP contribution in [0.5, 0.6) is 0 Å². The second-order valence-electron chi connectivity index (χ2n) is 3.92. The van der Waals surface area contributed by atoms with E-state index in [0.717, 1.165) is 5.00 Å². The Balaban J connectivity index is 2.07. The van der Waals surface area contributed by atoms with Crippen molar-refractivity contribution in [2.24, 2.45) is 0 Å². The maximum Gasteiger partial charge on any atom is 0.225 e. The summed E-state index contributed by atoms with van der Waals surface area (Å²) in [5.41, 5.74) is 2.47. The van der Waals surface area contributed by atoms with E-state index < -0.39 is 0 Å². The smallest absolute Gasteiger partial charge is 0.225 e. The predicted molar refractivity (Wildman–Crippen MR) is 65.9 cm³/mol. The van der Waals surface area contributed by atoms with Crippen molar-refractivity contribution in [3.63, 3.8) is 0 Å². The quantitative estimate of drug-likeness (QED) is 0.799. The van der Waals surface area contributed by atoms with E-state index in [0.29, 0.717) is 6.42 Å². The molecule has 0 bridgehead atoms. The Morgan fingerprint density at radius 3 is 2.81 bits per heavy atom. The number of rotatable bonds is 1. The van der Waals surface area contributed by atoms with Crippen LogP contribution in [0.15, 0.2) is 41.8 Å². The van der Waals surface area contributed by atoms with Crippen molar-refractivity contribution in [2.75, 3.05) is 5.32 Å². The van der Waals surface area contributed by atoms with Crippen LogP contribution in [0.25, 0.3) is 0 Å². The highest BCUT2D eigenvalue weighted by Crippen LogP contribution is 2.39. The van der Waals surface area contributed by atoms with Crippen LogP contribution in [0.1, 0.15) is 23.5 Å². The van der Waals surface area contributed by atoms with Gasteiger partial charge >= 0.3 is 0 Å². The predicted octanol–water partition coefficient (Wildman–Crippen LogP) is 3.22. The van der Waals surface area contributed by atoms with Crippen LogP contribution in [0.2, 0.25) is 0 Å². The molecule has 1 aromatic carbocycles. The number of benzene rings is 1. The molecular weight excluding hydrogens is 218 g/mol. The second kappa shape index (κ2) is 3.76. The summed E-state index contributed by atoms with van der Waals surface area (Å²) in [7, 11) is 0. The van der Waals surface area contributed by atoms with Crippen molar-refractivity contribution in [1.82, 2.24) is 0 Å². The number of thiophene rings is 1. The molecule has 1 unspecified atom stereocenters. The number of fused-ring (bicyclic) bond motifs is 1. The van der Waals surface area contributed by atoms with Gasteiger partial charge in [0.1, 0.15) is 0 Å². The first-order valence-electron chi connectivity index (χ1n) is 5.27. The van der Waals surface area contributed by atoms with Gasteiger partial charge in [0.25, 0.3) is 0 Å². The summed E-state index contributed by atoms with van der Waals surface area (Å²) in [5, 5.41) is 5.96. The lowest BCUT2D eigenvalue weighted by molar-refractivity contribution is -0.116. The van der Waals surface area contributed by atoms with E-state index in [1.807, 2.05) is 23.6 Å². The zero-order valence-corrected chi connectivity index (χ0v) is 9.46. The van der Waals surface area contributed by atoms with Gasteiger partial charge in [-0.15, -0.1) is 11.3 Å². The monoisotopic (exact) mass is 229 g/mol. The number of anilines is 1. The molecule has 1 amide bonds. The van der Waals surface area contributed by atoms with E-state index in [1.165, 1.54) is 11.1 Å². The van der Waals surface area contributed by atoms with Crippen LogP contribution >= 0.6 is 11.3 Å². The molecule has 3 rings (SSSR count). The van der Waals surface area contributed by atoms with Gasteiger partial charge in [-0.05, 0) is 22.6 Å². The SMILES string of the molecule is O=C1CC(c2ccccc2)c2ccsc2N1. The topological polar surface area (TPSA) is 29.1 Å². The van der Waals surface area contributed by atoms with Crippen LogP contribution in [-0.2, 0) is 4.79 Å². The van der Waals surface area contributed by atoms with Crippen molar-refractivity contribution in [1.29, 1.82) is 0 Å². The molecule has 1 N–H and O–H groups in total. The molecule has 0 aliphatic carbocycles. The Bertz CT molecular complexity index is 518. The van der Waals surface area contributed by atoms with Crippen molar-refractivity contribution in [3.8, 4) is 0 Å². The summed E-state index contributed by atoms with van der Waals surface area (Å²) in [6.45, 7) is 0. The van der Waals surface area contributed by atoms with Gasteiger partial charge in [-0.3, -0.25) is 4.79 Å². The van der Waals surface area contributed by atoms with Gasteiger partial charge in [-0.1, -0.05) is 30.3 Å². The molecule has 0 saturated heterocycles. The van der Waals surface area contributed by atoms with E-state index in [9.17, 15) is 4.79 Å². The molecule has 2 aromatic rings. The molecule has 1 aromatic heterocycles. The highest BCUT2D eigenvalue weighted by atomic mass is 32.1. The maximum atomic E-state index is 11.6. The van der Waals surface area contributed by atoms with Crippen molar-refractivity contribution in [3.05, 3.63) is 52.9 Å². The maximum absolute atomic E-state index is 11.6. The molecule has 0 spiro atoms. The van der Waals surface area contributed by atoms with Crippen molar-refractivity contribution >= 4 is 22.2 Å². The molecular formula is C13H11NOS. The van der Waals surface area contributed by atoms with Crippen LogP contribution in [0.4, 0.5) is 5.00 Å². The number of carbonyl (C=O) groups is 1. The Hall–Kier alpha value is -1.61. The van der Waals surface area contributed by atoms with E-state index in [4.69, 9.17) is 0 Å². The fourth-order valence-corrected chi connectivity index (χ4v) is 3.02. The lowest BCUT2D eigenvalue weighted by Crippen LogP contribution is -2.21. The molecule has 2 heterocycles. The minimum absolute atomic E-state index is 0.115. The molecule has 80 valence electrons. The van der Waals surface area contributed by atoms with E-state index in [2.05, 4.69) is 23.5 Å². The van der Waals surface area contributed by atoms with Crippen LogP contribution < -0.4 is 5.32 Å². The standard InChI is InChI=1S/C13H11NOS/c15-12-8-11(9-4-2-1-3-5-9)10-6-7-16-13(10)14-12/h1-7,11H,8H2,(H,14,15). The van der Waals surface area contributed by atoms with E-state index in [-0.39, 0.29) is 11.8 Å². The summed E-state index contributed by atoms with van der Waals surface area (Å²) in [6.07, 6.45) is 0.549. The fourth-order valence-electron chi connectivity index (χ4n) is 2.15. The second-order valence-corrected chi connectivity index (χ2v) is 4.84. The van der Waals surface area contributed by atoms with Crippen molar-refractivity contribution in [2.45, 2.75) is 12.3 Å². The molecule has 3 heteroatoms. The highest BCUT2D eigenvalue weighted by Gasteiger charge is 2.26. The Labute approximate surface area is 97.9 Å². The largest absolute Gasteiger partial charge is 0.317 e. The summed E-state index contributed by atoms with van der Waals surface area (Å²) < 4.78 is 0. The first-order chi connectivity index (χ1) is 7.84. The van der Waals surface area contributed by atoms with E-state index in [1.54, 1.807) is 11.3 Å². The van der Waals surface area contributed by atoms with Gasteiger partial charge in [0.2, 0.25) is 5.91 Å². The minimum atomic E-state index is 0.115. The molecule has 0 saturated carbocycles. The molecule has 2 nitrogen and oxygen atoms in total. The highest BCUT2D eigenvalue weighted by molar-refractivity contribution is 7.14. The third-order valence-electron chi connectivity index (χ3n) is 2.92. The molecule has 0 radical (unpaired) electrons. The molecule has 1 aliphatic heterocycles. The molecule has 0 fully saturated rings.